The van der Waals surface area contributed by atoms with Gasteiger partial charge in [-0.1, -0.05) is 6.07 Å². The number of carboxylic acid groups (broad SMARTS) is 1. The van der Waals surface area contributed by atoms with Crippen molar-refractivity contribution in [1.29, 1.82) is 0 Å². The van der Waals surface area contributed by atoms with Crippen molar-refractivity contribution < 1.29 is 24.6 Å². The maximum absolute atomic E-state index is 12.4. The highest BCUT2D eigenvalue weighted by Crippen LogP contribution is 2.31. The van der Waals surface area contributed by atoms with Gasteiger partial charge >= 0.3 is 5.97 Å². The van der Waals surface area contributed by atoms with Crippen LogP contribution in [0.15, 0.2) is 47.4 Å². The lowest BCUT2D eigenvalue weighted by atomic mass is 10.2. The summed E-state index contributed by atoms with van der Waals surface area (Å²) < 4.78 is 0. The summed E-state index contributed by atoms with van der Waals surface area (Å²) in [4.78, 5) is 36.2. The van der Waals surface area contributed by atoms with Crippen LogP contribution >= 0.6 is 11.8 Å². The minimum absolute atomic E-state index is 0.0227. The van der Waals surface area contributed by atoms with E-state index in [2.05, 4.69) is 10.6 Å². The largest absolute Gasteiger partial charge is 0.507 e. The number of thioether (sulfide) groups is 1. The highest BCUT2D eigenvalue weighted by molar-refractivity contribution is 8.00. The number of phenols is 1. The Bertz CT molecular complexity index is 927. The molecule has 1 saturated carbocycles. The van der Waals surface area contributed by atoms with E-state index in [0.29, 0.717) is 5.69 Å². The van der Waals surface area contributed by atoms with Gasteiger partial charge in [-0.15, -0.1) is 11.8 Å². The van der Waals surface area contributed by atoms with Crippen LogP contribution in [0, 0.1) is 5.92 Å². The summed E-state index contributed by atoms with van der Waals surface area (Å²) in [6.45, 7) is 1.73. The second-order valence-corrected chi connectivity index (χ2v) is 7.99. The molecule has 0 bridgehead atoms. The zero-order valence-corrected chi connectivity index (χ0v) is 16.0. The van der Waals surface area contributed by atoms with E-state index < -0.39 is 11.2 Å². The summed E-state index contributed by atoms with van der Waals surface area (Å²) in [5, 5.41) is 23.7. The average Bonchev–Trinajstić information content (AvgIpc) is 3.48. The Morgan fingerprint density at radius 1 is 1.07 bits per heavy atom. The van der Waals surface area contributed by atoms with Gasteiger partial charge in [-0.25, -0.2) is 4.79 Å². The van der Waals surface area contributed by atoms with E-state index in [1.54, 1.807) is 13.0 Å². The molecule has 28 heavy (non-hydrogen) atoms. The first-order valence-corrected chi connectivity index (χ1v) is 9.66. The van der Waals surface area contributed by atoms with Gasteiger partial charge in [0, 0.05) is 22.2 Å². The molecule has 1 aliphatic carbocycles. The summed E-state index contributed by atoms with van der Waals surface area (Å²) in [5.41, 5.74) is 0.703. The van der Waals surface area contributed by atoms with Crippen molar-refractivity contribution in [3.05, 3.63) is 48.0 Å². The fraction of sp³-hybridized carbons (Fsp3) is 0.250. The first kappa shape index (κ1) is 19.8. The molecule has 1 fully saturated rings. The third kappa shape index (κ3) is 5.04. The van der Waals surface area contributed by atoms with Gasteiger partial charge in [0.1, 0.15) is 11.3 Å². The fourth-order valence-electron chi connectivity index (χ4n) is 2.52. The molecular formula is C20H20N2O5S. The number of carboxylic acids is 1. The third-order valence-electron chi connectivity index (χ3n) is 4.23. The van der Waals surface area contributed by atoms with Crippen molar-refractivity contribution in [1.82, 2.24) is 0 Å². The van der Waals surface area contributed by atoms with Gasteiger partial charge in [-0.3, -0.25) is 9.59 Å². The minimum Gasteiger partial charge on any atom is -0.507 e. The van der Waals surface area contributed by atoms with E-state index in [1.165, 1.54) is 30.0 Å². The van der Waals surface area contributed by atoms with Crippen LogP contribution in [-0.4, -0.2) is 33.2 Å². The molecular weight excluding hydrogens is 380 g/mol. The standard InChI is InChI=1S/C20H20N2O5S/c1-11(18(24)21-14-7-8-17(23)16(10-14)20(26)27)28-15-4-2-3-13(9-15)22-19(25)12-5-6-12/h2-4,7-12,23H,5-6H2,1H3,(H,21,24)(H,22,25)(H,26,27). The van der Waals surface area contributed by atoms with Crippen molar-refractivity contribution in [2.24, 2.45) is 5.92 Å². The van der Waals surface area contributed by atoms with Crippen molar-refractivity contribution in [3.63, 3.8) is 0 Å². The number of aromatic carboxylic acids is 1. The molecule has 3 rings (SSSR count). The number of aromatic hydroxyl groups is 1. The van der Waals surface area contributed by atoms with Crippen LogP contribution in [0.5, 0.6) is 5.75 Å². The average molecular weight is 400 g/mol. The summed E-state index contributed by atoms with van der Waals surface area (Å²) >= 11 is 1.32. The second kappa shape index (κ2) is 8.35. The Hall–Kier alpha value is -3.00. The number of nitrogens with one attached hydrogen (secondary N) is 2. The van der Waals surface area contributed by atoms with Crippen LogP contribution in [0.1, 0.15) is 30.1 Å². The number of anilines is 2. The van der Waals surface area contributed by atoms with Crippen molar-refractivity contribution >= 4 is 40.9 Å². The number of carbonyl (C=O) groups is 3. The predicted octanol–water partition coefficient (Wildman–Crippen LogP) is 3.56. The Kier molecular flexibility index (Phi) is 5.89. The molecule has 0 heterocycles. The third-order valence-corrected chi connectivity index (χ3v) is 5.32. The van der Waals surface area contributed by atoms with Gasteiger partial charge < -0.3 is 20.8 Å². The molecule has 0 saturated heterocycles. The molecule has 4 N–H and O–H groups in total. The topological polar surface area (TPSA) is 116 Å². The van der Waals surface area contributed by atoms with E-state index in [1.807, 2.05) is 18.2 Å². The molecule has 1 unspecified atom stereocenters. The first-order valence-electron chi connectivity index (χ1n) is 8.78. The molecule has 0 spiro atoms. The van der Waals surface area contributed by atoms with Crippen LogP contribution in [-0.2, 0) is 9.59 Å². The van der Waals surface area contributed by atoms with Crippen LogP contribution in [0.3, 0.4) is 0 Å². The Morgan fingerprint density at radius 2 is 1.79 bits per heavy atom. The number of benzene rings is 2. The maximum Gasteiger partial charge on any atom is 0.339 e. The lowest BCUT2D eigenvalue weighted by Crippen LogP contribution is -2.22. The number of rotatable bonds is 7. The lowest BCUT2D eigenvalue weighted by Gasteiger charge is -2.13. The number of hydrogen-bond donors (Lipinski definition) is 4. The van der Waals surface area contributed by atoms with Gasteiger partial charge in [0.2, 0.25) is 11.8 Å². The van der Waals surface area contributed by atoms with Crippen LogP contribution in [0.4, 0.5) is 11.4 Å². The lowest BCUT2D eigenvalue weighted by molar-refractivity contribution is -0.117. The molecule has 7 nitrogen and oxygen atoms in total. The van der Waals surface area contributed by atoms with Gasteiger partial charge in [0.25, 0.3) is 0 Å². The highest BCUT2D eigenvalue weighted by Gasteiger charge is 2.29. The summed E-state index contributed by atoms with van der Waals surface area (Å²) in [7, 11) is 0. The normalized spacial score (nSPS) is 14.2. The molecule has 0 aliphatic heterocycles. The van der Waals surface area contributed by atoms with E-state index in [4.69, 9.17) is 5.11 Å². The van der Waals surface area contributed by atoms with Gasteiger partial charge in [-0.05, 0) is 56.2 Å². The zero-order chi connectivity index (χ0) is 20.3. The molecule has 0 aromatic heterocycles. The molecule has 1 atom stereocenters. The van der Waals surface area contributed by atoms with E-state index >= 15 is 0 Å². The highest BCUT2D eigenvalue weighted by atomic mass is 32.2. The molecule has 8 heteroatoms. The molecule has 2 aromatic carbocycles. The Balaban J connectivity index is 1.62. The van der Waals surface area contributed by atoms with E-state index in [0.717, 1.165) is 17.7 Å². The monoisotopic (exact) mass is 400 g/mol. The SMILES string of the molecule is CC(Sc1cccc(NC(=O)C2CC2)c1)C(=O)Nc1ccc(O)c(C(=O)O)c1. The quantitative estimate of drug-likeness (QED) is 0.417. The Labute approximate surface area is 166 Å². The maximum atomic E-state index is 12.4. The van der Waals surface area contributed by atoms with Gasteiger partial charge in [0.05, 0.1) is 5.25 Å². The summed E-state index contributed by atoms with van der Waals surface area (Å²) in [5.74, 6) is -1.81. The summed E-state index contributed by atoms with van der Waals surface area (Å²) in [6.07, 6.45) is 1.86. The van der Waals surface area contributed by atoms with Crippen molar-refractivity contribution in [2.45, 2.75) is 29.9 Å². The van der Waals surface area contributed by atoms with Crippen LogP contribution in [0.2, 0.25) is 0 Å². The van der Waals surface area contributed by atoms with Gasteiger partial charge in [0.15, 0.2) is 0 Å². The molecule has 2 amide bonds. The molecule has 146 valence electrons. The first-order chi connectivity index (χ1) is 13.3. The van der Waals surface area contributed by atoms with Crippen LogP contribution < -0.4 is 10.6 Å². The number of amides is 2. The fourth-order valence-corrected chi connectivity index (χ4v) is 3.45. The Morgan fingerprint density at radius 3 is 2.46 bits per heavy atom. The predicted molar refractivity (Wildman–Crippen MR) is 107 cm³/mol. The minimum atomic E-state index is -1.28. The van der Waals surface area contributed by atoms with Crippen molar-refractivity contribution in [2.75, 3.05) is 10.6 Å². The summed E-state index contributed by atoms with van der Waals surface area (Å²) in [6, 6.07) is 11.2. The van der Waals surface area contributed by atoms with E-state index in [-0.39, 0.29) is 34.7 Å². The van der Waals surface area contributed by atoms with Crippen LogP contribution in [0.25, 0.3) is 0 Å². The zero-order valence-electron chi connectivity index (χ0n) is 15.1. The molecule has 2 aromatic rings. The number of hydrogen-bond acceptors (Lipinski definition) is 5. The molecule has 1 aliphatic rings. The van der Waals surface area contributed by atoms with Gasteiger partial charge in [-0.2, -0.15) is 0 Å². The number of carbonyl (C=O) groups excluding carboxylic acids is 2. The van der Waals surface area contributed by atoms with Crippen molar-refractivity contribution in [3.8, 4) is 5.75 Å². The van der Waals surface area contributed by atoms with E-state index in [9.17, 15) is 19.5 Å². The molecule has 0 radical (unpaired) electrons. The smallest absolute Gasteiger partial charge is 0.339 e. The second-order valence-electron chi connectivity index (χ2n) is 6.58.